The number of hydrogen-bond acceptors (Lipinski definition) is 5. The molecule has 2 fully saturated rings. The molecular weight excluding hydrogens is 580 g/mol. The van der Waals surface area contributed by atoms with E-state index >= 15 is 4.39 Å². The third kappa shape index (κ3) is 5.80. The van der Waals surface area contributed by atoms with Gasteiger partial charge in [-0.05, 0) is 53.1 Å². The minimum absolute atomic E-state index is 0.109. The minimum atomic E-state index is -0.337. The monoisotopic (exact) mass is 609 g/mol. The van der Waals surface area contributed by atoms with Crippen LogP contribution < -0.4 is 19.3 Å². The predicted molar refractivity (Wildman–Crippen MR) is 169 cm³/mol. The van der Waals surface area contributed by atoms with Crippen LogP contribution in [0.15, 0.2) is 109 Å². The van der Waals surface area contributed by atoms with E-state index < -0.39 is 0 Å². The van der Waals surface area contributed by atoms with Gasteiger partial charge in [0.1, 0.15) is 24.8 Å². The number of nitrogens with zero attached hydrogens (tertiary/aromatic N) is 3. The van der Waals surface area contributed by atoms with Gasteiger partial charge in [0.05, 0.1) is 17.4 Å². The van der Waals surface area contributed by atoms with Crippen LogP contribution in [0.3, 0.4) is 0 Å². The van der Waals surface area contributed by atoms with Gasteiger partial charge in [0.2, 0.25) is 11.8 Å². The highest BCUT2D eigenvalue weighted by Gasteiger charge is 2.46. The van der Waals surface area contributed by atoms with E-state index in [4.69, 9.17) is 21.1 Å². The standard InChI is InChI=1S/C36H30ClF2N3O2/c37-28-12-15-32(31(39)18-28)41-19-27-20-42(34(27)21-41)33-14-11-26(17-30(33)38)29-13-16-35(43-22-24-7-3-1-4-8-24)40-36(29)44-23-25-9-5-2-6-10-25/h1-18,27,34H,19-23H2/t27-,34-/m0/s1. The molecule has 0 amide bonds. The van der Waals surface area contributed by atoms with Crippen molar-refractivity contribution in [1.82, 2.24) is 4.98 Å². The van der Waals surface area contributed by atoms with Crippen LogP contribution in [0.2, 0.25) is 5.02 Å². The molecule has 4 aromatic carbocycles. The molecule has 0 bridgehead atoms. The number of hydrogen-bond donors (Lipinski definition) is 0. The fourth-order valence-electron chi connectivity index (χ4n) is 6.05. The molecule has 0 unspecified atom stereocenters. The van der Waals surface area contributed by atoms with Gasteiger partial charge in [-0.3, -0.25) is 0 Å². The van der Waals surface area contributed by atoms with Crippen LogP contribution in [-0.2, 0) is 13.2 Å². The second-order valence-electron chi connectivity index (χ2n) is 11.2. The quantitative estimate of drug-likeness (QED) is 0.169. The Morgan fingerprint density at radius 1 is 0.705 bits per heavy atom. The van der Waals surface area contributed by atoms with Crippen molar-refractivity contribution in [3.05, 3.63) is 137 Å². The average molecular weight is 610 g/mol. The van der Waals surface area contributed by atoms with E-state index in [9.17, 15) is 4.39 Å². The Morgan fingerprint density at radius 2 is 1.39 bits per heavy atom. The maximum Gasteiger partial charge on any atom is 0.225 e. The lowest BCUT2D eigenvalue weighted by atomic mass is 9.91. The summed E-state index contributed by atoms with van der Waals surface area (Å²) in [5.41, 5.74) is 4.42. The molecule has 3 heterocycles. The van der Waals surface area contributed by atoms with Crippen LogP contribution in [0.4, 0.5) is 20.2 Å². The number of benzene rings is 4. The average Bonchev–Trinajstić information content (AvgIpc) is 3.36. The summed E-state index contributed by atoms with van der Waals surface area (Å²) >= 11 is 5.94. The van der Waals surface area contributed by atoms with E-state index in [2.05, 4.69) is 9.88 Å². The molecule has 2 aliphatic rings. The van der Waals surface area contributed by atoms with Crippen LogP contribution >= 0.6 is 11.6 Å². The first-order chi connectivity index (χ1) is 21.5. The summed E-state index contributed by atoms with van der Waals surface area (Å²) in [5.74, 6) is 0.473. The van der Waals surface area contributed by atoms with Crippen LogP contribution in [-0.4, -0.2) is 30.7 Å². The first-order valence-corrected chi connectivity index (χ1v) is 15.0. The summed E-state index contributed by atoms with van der Waals surface area (Å²) < 4.78 is 42.5. The van der Waals surface area contributed by atoms with Gasteiger partial charge in [-0.2, -0.15) is 4.98 Å². The number of pyridine rings is 1. The van der Waals surface area contributed by atoms with Gasteiger partial charge in [0, 0.05) is 42.2 Å². The Labute approximate surface area is 260 Å². The summed E-state index contributed by atoms with van der Waals surface area (Å²) in [4.78, 5) is 8.76. The summed E-state index contributed by atoms with van der Waals surface area (Å²) in [5, 5.41) is 0.371. The maximum atomic E-state index is 15.7. The van der Waals surface area contributed by atoms with Crippen molar-refractivity contribution in [2.45, 2.75) is 19.3 Å². The van der Waals surface area contributed by atoms with Crippen molar-refractivity contribution in [1.29, 1.82) is 0 Å². The smallest absolute Gasteiger partial charge is 0.225 e. The number of anilines is 2. The minimum Gasteiger partial charge on any atom is -0.473 e. The lowest BCUT2D eigenvalue weighted by molar-refractivity contribution is 0.268. The van der Waals surface area contributed by atoms with E-state index in [0.717, 1.165) is 17.7 Å². The summed E-state index contributed by atoms with van der Waals surface area (Å²) in [6.07, 6.45) is 0. The van der Waals surface area contributed by atoms with Crippen LogP contribution in [0.1, 0.15) is 11.1 Å². The van der Waals surface area contributed by atoms with Gasteiger partial charge in [0.15, 0.2) is 0 Å². The summed E-state index contributed by atoms with van der Waals surface area (Å²) in [6, 6.07) is 33.4. The Kier molecular flexibility index (Phi) is 7.79. The molecule has 5 nitrogen and oxygen atoms in total. The zero-order valence-electron chi connectivity index (χ0n) is 23.9. The number of fused-ring (bicyclic) bond motifs is 1. The topological polar surface area (TPSA) is 37.8 Å². The highest BCUT2D eigenvalue weighted by Crippen LogP contribution is 2.41. The number of rotatable bonds is 9. The van der Waals surface area contributed by atoms with E-state index in [1.807, 2.05) is 83.8 Å². The van der Waals surface area contributed by atoms with Crippen LogP contribution in [0.25, 0.3) is 11.1 Å². The van der Waals surface area contributed by atoms with Crippen molar-refractivity contribution in [3.8, 4) is 22.9 Å². The molecule has 0 saturated carbocycles. The molecular formula is C36H30ClF2N3O2. The van der Waals surface area contributed by atoms with Crippen LogP contribution in [0.5, 0.6) is 11.8 Å². The van der Waals surface area contributed by atoms with E-state index in [1.54, 1.807) is 18.2 Å². The molecule has 7 rings (SSSR count). The Morgan fingerprint density at radius 3 is 2.09 bits per heavy atom. The van der Waals surface area contributed by atoms with Crippen molar-refractivity contribution < 1.29 is 18.3 Å². The van der Waals surface area contributed by atoms with Crippen molar-refractivity contribution in [3.63, 3.8) is 0 Å². The van der Waals surface area contributed by atoms with Gasteiger partial charge in [-0.1, -0.05) is 78.3 Å². The molecule has 44 heavy (non-hydrogen) atoms. The molecule has 2 saturated heterocycles. The maximum absolute atomic E-state index is 15.7. The summed E-state index contributed by atoms with van der Waals surface area (Å²) in [7, 11) is 0. The highest BCUT2D eigenvalue weighted by molar-refractivity contribution is 6.30. The zero-order chi connectivity index (χ0) is 30.0. The fraction of sp³-hybridized carbons (Fsp3) is 0.194. The zero-order valence-corrected chi connectivity index (χ0v) is 24.6. The van der Waals surface area contributed by atoms with E-state index in [1.165, 1.54) is 12.1 Å². The molecule has 222 valence electrons. The molecule has 8 heteroatoms. The van der Waals surface area contributed by atoms with E-state index in [-0.39, 0.29) is 17.7 Å². The lowest BCUT2D eigenvalue weighted by Crippen LogP contribution is -2.56. The van der Waals surface area contributed by atoms with Crippen molar-refractivity contribution >= 4 is 23.0 Å². The van der Waals surface area contributed by atoms with Gasteiger partial charge < -0.3 is 19.3 Å². The SMILES string of the molecule is Fc1cc(Cl)ccc1N1C[C@H]2CN(c3ccc(-c4ccc(OCc5ccccc5)nc4OCc4ccccc4)cc3F)[C@H]2C1. The Hall–Kier alpha value is -4.62. The first-order valence-electron chi connectivity index (χ1n) is 14.6. The van der Waals surface area contributed by atoms with Crippen molar-refractivity contribution in [2.24, 2.45) is 5.92 Å². The predicted octanol–water partition coefficient (Wildman–Crippen LogP) is 8.16. The summed E-state index contributed by atoms with van der Waals surface area (Å²) in [6.45, 7) is 2.75. The largest absolute Gasteiger partial charge is 0.473 e. The second kappa shape index (κ2) is 12.2. The molecule has 0 spiro atoms. The highest BCUT2D eigenvalue weighted by atomic mass is 35.5. The van der Waals surface area contributed by atoms with Gasteiger partial charge >= 0.3 is 0 Å². The molecule has 2 aliphatic heterocycles. The number of halogens is 3. The molecule has 5 aromatic rings. The van der Waals surface area contributed by atoms with Gasteiger partial charge in [-0.25, -0.2) is 8.78 Å². The number of ether oxygens (including phenoxy) is 2. The first kappa shape index (κ1) is 28.2. The molecule has 0 aliphatic carbocycles. The third-order valence-electron chi connectivity index (χ3n) is 8.34. The fourth-order valence-corrected chi connectivity index (χ4v) is 6.21. The van der Waals surface area contributed by atoms with Crippen molar-refractivity contribution in [2.75, 3.05) is 29.4 Å². The lowest BCUT2D eigenvalue weighted by Gasteiger charge is -2.45. The molecule has 0 N–H and O–H groups in total. The Bertz CT molecular complexity index is 1770. The van der Waals surface area contributed by atoms with Gasteiger partial charge in [-0.15, -0.1) is 0 Å². The normalized spacial score (nSPS) is 17.2. The molecule has 0 radical (unpaired) electrons. The molecule has 1 aromatic heterocycles. The van der Waals surface area contributed by atoms with Crippen LogP contribution in [0, 0.1) is 17.6 Å². The number of aromatic nitrogens is 1. The Balaban J connectivity index is 1.11. The second-order valence-corrected chi connectivity index (χ2v) is 11.6. The third-order valence-corrected chi connectivity index (χ3v) is 8.57. The van der Waals surface area contributed by atoms with E-state index in [0.29, 0.717) is 71.5 Å². The van der Waals surface area contributed by atoms with Gasteiger partial charge in [0.25, 0.3) is 0 Å². The molecule has 2 atom stereocenters.